The summed E-state index contributed by atoms with van der Waals surface area (Å²) < 4.78 is 0. The van der Waals surface area contributed by atoms with Crippen LogP contribution in [0, 0.1) is 12.1 Å². The molecule has 0 fully saturated rings. The fraction of sp³-hybridized carbons (Fsp3) is 0. The van der Waals surface area contributed by atoms with Gasteiger partial charge in [-0.05, 0) is 47.8 Å². The van der Waals surface area contributed by atoms with Crippen LogP contribution in [0.25, 0.3) is 45.3 Å². The topological polar surface area (TPSA) is 51.6 Å². The Morgan fingerprint density at radius 2 is 0.811 bits per heavy atom. The van der Waals surface area contributed by atoms with E-state index >= 15 is 0 Å². The maximum atomic E-state index is 4.73. The summed E-state index contributed by atoms with van der Waals surface area (Å²) >= 11 is 0. The first kappa shape index (κ1) is 25.8. The number of benzene rings is 2. The van der Waals surface area contributed by atoms with Crippen LogP contribution in [0.4, 0.5) is 0 Å². The van der Waals surface area contributed by atoms with Gasteiger partial charge in [0.2, 0.25) is 0 Å². The van der Waals surface area contributed by atoms with Crippen molar-refractivity contribution < 1.29 is 20.1 Å². The van der Waals surface area contributed by atoms with E-state index in [1.165, 1.54) is 0 Å². The van der Waals surface area contributed by atoms with Crippen LogP contribution in [0.5, 0.6) is 0 Å². The standard InChI is InChI=1S/C21H14N3.C11H8N.Ir/c1-2-8-16(9-3-1)17-11-6-13-20(23-17)21-14-7-12-19(24-21)18-10-4-5-15-22-18;1-2-6-10(7-3-1)11-8-4-5-9-12-11;/h1-8,10-15H;1-6,8-9H;/q2*-1;. The molecule has 0 atom stereocenters. The van der Waals surface area contributed by atoms with Gasteiger partial charge in [0.05, 0.1) is 22.8 Å². The Kier molecular flexibility index (Phi) is 9.14. The van der Waals surface area contributed by atoms with Crippen molar-refractivity contribution in [2.24, 2.45) is 0 Å². The number of nitrogens with zero attached hydrogens (tertiary/aromatic N) is 4. The minimum Gasteiger partial charge on any atom is -0.305 e. The third-order valence-electron chi connectivity index (χ3n) is 5.32. The fourth-order valence-electron chi connectivity index (χ4n) is 3.59. The van der Waals surface area contributed by atoms with Gasteiger partial charge in [-0.1, -0.05) is 36.4 Å². The quantitative estimate of drug-likeness (QED) is 0.189. The molecule has 4 heterocycles. The number of aromatic nitrogens is 4. The van der Waals surface area contributed by atoms with Gasteiger partial charge in [0.1, 0.15) is 0 Å². The normalized spacial score (nSPS) is 9.95. The SMILES string of the molecule is [Ir].[c-]1ccccc1-c1cccc(-c2cccc(-c3ccccn3)n2)n1.[c-]1ccccc1-c1ccccn1. The summed E-state index contributed by atoms with van der Waals surface area (Å²) in [6.45, 7) is 0. The van der Waals surface area contributed by atoms with E-state index in [0.717, 1.165) is 45.3 Å². The van der Waals surface area contributed by atoms with Gasteiger partial charge in [-0.2, -0.15) is 0 Å². The fourth-order valence-corrected chi connectivity index (χ4v) is 3.59. The molecule has 2 aromatic carbocycles. The first-order chi connectivity index (χ1) is 17.9. The molecule has 0 bridgehead atoms. The number of rotatable bonds is 4. The molecule has 0 unspecified atom stereocenters. The van der Waals surface area contributed by atoms with Crippen LogP contribution < -0.4 is 0 Å². The molecule has 0 aliphatic heterocycles. The molecule has 0 saturated carbocycles. The Hall–Kier alpha value is -4.31. The summed E-state index contributed by atoms with van der Waals surface area (Å²) in [4.78, 5) is 18.0. The predicted octanol–water partition coefficient (Wildman–Crippen LogP) is 7.22. The molecule has 181 valence electrons. The molecule has 6 aromatic rings. The molecule has 1 radical (unpaired) electrons. The number of hydrogen-bond acceptors (Lipinski definition) is 4. The van der Waals surface area contributed by atoms with E-state index in [9.17, 15) is 0 Å². The van der Waals surface area contributed by atoms with Gasteiger partial charge in [0, 0.05) is 32.5 Å². The Labute approximate surface area is 230 Å². The molecular formula is C32H22IrN4-2. The summed E-state index contributed by atoms with van der Waals surface area (Å²) in [5, 5.41) is 0. The average molecular weight is 655 g/mol. The summed E-state index contributed by atoms with van der Waals surface area (Å²) in [5.41, 5.74) is 7.23. The summed E-state index contributed by atoms with van der Waals surface area (Å²) in [5.74, 6) is 0. The molecule has 0 amide bonds. The Morgan fingerprint density at radius 1 is 0.378 bits per heavy atom. The monoisotopic (exact) mass is 655 g/mol. The molecule has 6 rings (SSSR count). The molecule has 4 nitrogen and oxygen atoms in total. The summed E-state index contributed by atoms with van der Waals surface area (Å²) in [7, 11) is 0. The van der Waals surface area contributed by atoms with Crippen LogP contribution in [-0.2, 0) is 20.1 Å². The van der Waals surface area contributed by atoms with E-state index in [1.54, 1.807) is 12.4 Å². The van der Waals surface area contributed by atoms with Crippen molar-refractivity contribution in [1.29, 1.82) is 0 Å². The van der Waals surface area contributed by atoms with Crippen LogP contribution in [0.2, 0.25) is 0 Å². The molecule has 0 aliphatic rings. The second-order valence-corrected chi connectivity index (χ2v) is 7.80. The van der Waals surface area contributed by atoms with Crippen LogP contribution in [0.1, 0.15) is 0 Å². The van der Waals surface area contributed by atoms with Gasteiger partial charge in [-0.3, -0.25) is 9.97 Å². The van der Waals surface area contributed by atoms with Gasteiger partial charge >= 0.3 is 0 Å². The van der Waals surface area contributed by atoms with E-state index in [1.807, 2.05) is 121 Å². The number of pyridine rings is 4. The second-order valence-electron chi connectivity index (χ2n) is 7.80. The zero-order valence-corrected chi connectivity index (χ0v) is 22.2. The second kappa shape index (κ2) is 13.1. The van der Waals surface area contributed by atoms with Gasteiger partial charge < -0.3 is 4.98 Å². The van der Waals surface area contributed by atoms with Crippen molar-refractivity contribution in [3.63, 3.8) is 0 Å². The average Bonchev–Trinajstić information content (AvgIpc) is 2.99. The van der Waals surface area contributed by atoms with Crippen LogP contribution in [0.3, 0.4) is 0 Å². The zero-order valence-electron chi connectivity index (χ0n) is 19.8. The molecule has 0 aliphatic carbocycles. The van der Waals surface area contributed by atoms with Crippen molar-refractivity contribution in [3.05, 3.63) is 146 Å². The van der Waals surface area contributed by atoms with Crippen LogP contribution in [0.15, 0.2) is 134 Å². The van der Waals surface area contributed by atoms with Gasteiger partial charge in [0.15, 0.2) is 0 Å². The maximum absolute atomic E-state index is 4.73. The summed E-state index contributed by atoms with van der Waals surface area (Å²) in [6, 6.07) is 45.5. The Morgan fingerprint density at radius 3 is 1.32 bits per heavy atom. The third-order valence-corrected chi connectivity index (χ3v) is 5.32. The van der Waals surface area contributed by atoms with E-state index in [0.29, 0.717) is 0 Å². The predicted molar refractivity (Wildman–Crippen MR) is 143 cm³/mol. The molecule has 0 saturated heterocycles. The molecule has 4 aromatic heterocycles. The van der Waals surface area contributed by atoms with Crippen LogP contribution in [-0.4, -0.2) is 19.9 Å². The van der Waals surface area contributed by atoms with E-state index in [4.69, 9.17) is 9.97 Å². The minimum atomic E-state index is 0. The van der Waals surface area contributed by atoms with E-state index in [2.05, 4.69) is 22.1 Å². The van der Waals surface area contributed by atoms with E-state index in [-0.39, 0.29) is 20.1 Å². The maximum Gasteiger partial charge on any atom is 0.0894 e. The largest absolute Gasteiger partial charge is 0.305 e. The van der Waals surface area contributed by atoms with E-state index < -0.39 is 0 Å². The molecule has 5 heteroatoms. The van der Waals surface area contributed by atoms with Gasteiger partial charge in [-0.25, -0.2) is 4.98 Å². The third kappa shape index (κ3) is 6.89. The summed E-state index contributed by atoms with van der Waals surface area (Å²) in [6.07, 6.45) is 3.56. The van der Waals surface area contributed by atoms with Crippen LogP contribution >= 0.6 is 0 Å². The molecule has 0 N–H and O–H groups in total. The molecule has 37 heavy (non-hydrogen) atoms. The Balaban J connectivity index is 0.000000208. The van der Waals surface area contributed by atoms with Gasteiger partial charge in [0.25, 0.3) is 0 Å². The molecule has 0 spiro atoms. The first-order valence-corrected chi connectivity index (χ1v) is 11.6. The van der Waals surface area contributed by atoms with Crippen molar-refractivity contribution in [2.75, 3.05) is 0 Å². The van der Waals surface area contributed by atoms with Crippen molar-refractivity contribution >= 4 is 0 Å². The number of hydrogen-bond donors (Lipinski definition) is 0. The minimum absolute atomic E-state index is 0. The smallest absolute Gasteiger partial charge is 0.0894 e. The van der Waals surface area contributed by atoms with Gasteiger partial charge in [-0.15, -0.1) is 71.8 Å². The zero-order chi connectivity index (χ0) is 24.4. The molecular weight excluding hydrogens is 633 g/mol. The van der Waals surface area contributed by atoms with Crippen molar-refractivity contribution in [1.82, 2.24) is 19.9 Å². The van der Waals surface area contributed by atoms with Crippen molar-refractivity contribution in [2.45, 2.75) is 0 Å². The van der Waals surface area contributed by atoms with Crippen molar-refractivity contribution in [3.8, 4) is 45.3 Å². The Bertz CT molecular complexity index is 1390. The first-order valence-electron chi connectivity index (χ1n) is 11.6.